The smallest absolute Gasteiger partial charge is 0.223 e. The van der Waals surface area contributed by atoms with Crippen molar-refractivity contribution >= 4 is 17.9 Å². The highest BCUT2D eigenvalue weighted by Crippen LogP contribution is 2.30. The van der Waals surface area contributed by atoms with Crippen molar-refractivity contribution < 1.29 is 0 Å². The van der Waals surface area contributed by atoms with Crippen LogP contribution in [0.5, 0.6) is 0 Å². The molecule has 0 atom stereocenters. The minimum Gasteiger partial charge on any atom is -0.351 e. The number of aromatic amines is 1. The van der Waals surface area contributed by atoms with Crippen LogP contribution < -0.4 is 5.32 Å². The number of H-pyrrole nitrogens is 1. The van der Waals surface area contributed by atoms with Gasteiger partial charge in [0.15, 0.2) is 0 Å². The lowest BCUT2D eigenvalue weighted by molar-refractivity contribution is 0.358. The van der Waals surface area contributed by atoms with Gasteiger partial charge in [0.05, 0.1) is 5.69 Å². The number of imidazole rings is 1. The van der Waals surface area contributed by atoms with Gasteiger partial charge in [-0.25, -0.2) is 15.0 Å². The van der Waals surface area contributed by atoms with E-state index in [0.717, 1.165) is 61.9 Å². The van der Waals surface area contributed by atoms with Crippen molar-refractivity contribution in [2.45, 2.75) is 38.6 Å². The van der Waals surface area contributed by atoms with Crippen molar-refractivity contribution in [3.63, 3.8) is 0 Å². The summed E-state index contributed by atoms with van der Waals surface area (Å²) in [6.07, 6.45) is 8.35. The Labute approximate surface area is 140 Å². The molecule has 0 aromatic carbocycles. The molecule has 122 valence electrons. The van der Waals surface area contributed by atoms with E-state index in [-0.39, 0.29) is 0 Å². The molecule has 0 radical (unpaired) electrons. The first kappa shape index (κ1) is 15.0. The second-order valence-electron chi connectivity index (χ2n) is 6.25. The average Bonchev–Trinajstić information content (AvgIpc) is 2.96. The van der Waals surface area contributed by atoms with Crippen molar-refractivity contribution in [1.29, 1.82) is 0 Å². The van der Waals surface area contributed by atoms with Crippen LogP contribution in [0.3, 0.4) is 0 Å². The van der Waals surface area contributed by atoms with Crippen LogP contribution in [0.4, 0.5) is 5.95 Å². The summed E-state index contributed by atoms with van der Waals surface area (Å²) in [5, 5.41) is 3.52. The molecule has 0 unspecified atom stereocenters. The summed E-state index contributed by atoms with van der Waals surface area (Å²) in [4.78, 5) is 17.3. The van der Waals surface area contributed by atoms with Gasteiger partial charge >= 0.3 is 0 Å². The SMILES string of the molecule is CSN1CCC(Nc2ncc3c(n2)-c2nc(C)[nH]c2CC3)CC1. The van der Waals surface area contributed by atoms with E-state index in [9.17, 15) is 0 Å². The van der Waals surface area contributed by atoms with Crippen LogP contribution in [0.15, 0.2) is 6.20 Å². The van der Waals surface area contributed by atoms with Gasteiger partial charge in [0.2, 0.25) is 5.95 Å². The molecule has 2 aliphatic rings. The molecule has 2 aromatic heterocycles. The lowest BCUT2D eigenvalue weighted by Crippen LogP contribution is -2.35. The molecule has 0 bridgehead atoms. The summed E-state index contributed by atoms with van der Waals surface area (Å²) in [5.41, 5.74) is 4.40. The highest BCUT2D eigenvalue weighted by atomic mass is 32.2. The van der Waals surface area contributed by atoms with Crippen molar-refractivity contribution in [3.8, 4) is 11.4 Å². The average molecular weight is 330 g/mol. The first-order chi connectivity index (χ1) is 11.2. The number of aromatic nitrogens is 4. The van der Waals surface area contributed by atoms with Crippen molar-refractivity contribution in [2.24, 2.45) is 0 Å². The third kappa shape index (κ3) is 2.95. The highest BCUT2D eigenvalue weighted by molar-refractivity contribution is 7.96. The maximum absolute atomic E-state index is 4.78. The molecule has 1 aliphatic carbocycles. The van der Waals surface area contributed by atoms with Gasteiger partial charge in [-0.2, -0.15) is 0 Å². The van der Waals surface area contributed by atoms with Crippen LogP contribution in [0.1, 0.15) is 29.9 Å². The normalized spacial score (nSPS) is 18.5. The van der Waals surface area contributed by atoms with E-state index < -0.39 is 0 Å². The molecule has 1 saturated heterocycles. The zero-order valence-corrected chi connectivity index (χ0v) is 14.4. The van der Waals surface area contributed by atoms with Gasteiger partial charge in [-0.1, -0.05) is 11.9 Å². The van der Waals surface area contributed by atoms with E-state index in [1.807, 2.05) is 25.1 Å². The Kier molecular flexibility index (Phi) is 3.98. The first-order valence-corrected chi connectivity index (χ1v) is 9.38. The van der Waals surface area contributed by atoms with Crippen LogP contribution >= 0.6 is 11.9 Å². The number of rotatable bonds is 3. The van der Waals surface area contributed by atoms with Gasteiger partial charge in [0, 0.05) is 31.0 Å². The maximum Gasteiger partial charge on any atom is 0.223 e. The minimum absolute atomic E-state index is 0.459. The molecule has 2 aromatic rings. The predicted molar refractivity (Wildman–Crippen MR) is 93.5 cm³/mol. The molecule has 7 heteroatoms. The Hall–Kier alpha value is -1.60. The molecule has 0 saturated carbocycles. The standard InChI is InChI=1S/C16H22N6S/c1-10-18-13-4-3-11-9-17-16(21-14(11)15(13)19-10)20-12-5-7-22(23-2)8-6-12/h9,12H,3-8H2,1-2H3,(H,18,19)(H,17,20,21). The Morgan fingerprint density at radius 3 is 2.83 bits per heavy atom. The molecule has 1 aliphatic heterocycles. The monoisotopic (exact) mass is 330 g/mol. The molecule has 0 amide bonds. The number of aryl methyl sites for hydroxylation is 3. The fourth-order valence-corrected chi connectivity index (χ4v) is 3.98. The largest absolute Gasteiger partial charge is 0.351 e. The lowest BCUT2D eigenvalue weighted by Gasteiger charge is -2.30. The third-order valence-electron chi connectivity index (χ3n) is 4.68. The molecular weight excluding hydrogens is 308 g/mol. The van der Waals surface area contributed by atoms with Gasteiger partial charge in [0.1, 0.15) is 11.5 Å². The van der Waals surface area contributed by atoms with E-state index >= 15 is 0 Å². The Balaban J connectivity index is 1.54. The molecule has 1 fully saturated rings. The third-order valence-corrected chi connectivity index (χ3v) is 5.56. The Morgan fingerprint density at radius 1 is 1.22 bits per heavy atom. The topological polar surface area (TPSA) is 69.7 Å². The van der Waals surface area contributed by atoms with Gasteiger partial charge in [-0.05, 0) is 44.4 Å². The Bertz CT molecular complexity index is 705. The van der Waals surface area contributed by atoms with Crippen molar-refractivity contribution in [2.75, 3.05) is 24.7 Å². The van der Waals surface area contributed by atoms with Crippen molar-refractivity contribution in [3.05, 3.63) is 23.3 Å². The number of fused-ring (bicyclic) bond motifs is 3. The minimum atomic E-state index is 0.459. The summed E-state index contributed by atoms with van der Waals surface area (Å²) in [6, 6.07) is 0.459. The molecule has 0 spiro atoms. The highest BCUT2D eigenvalue weighted by Gasteiger charge is 2.23. The fourth-order valence-electron chi connectivity index (χ4n) is 3.41. The van der Waals surface area contributed by atoms with E-state index in [2.05, 4.69) is 30.8 Å². The van der Waals surface area contributed by atoms with Crippen LogP contribution in [0.25, 0.3) is 11.4 Å². The van der Waals surface area contributed by atoms with Gasteiger partial charge in [-0.15, -0.1) is 0 Å². The van der Waals surface area contributed by atoms with E-state index in [4.69, 9.17) is 4.98 Å². The van der Waals surface area contributed by atoms with E-state index in [1.54, 1.807) is 0 Å². The number of nitrogens with zero attached hydrogens (tertiary/aromatic N) is 4. The molecular formula is C16H22N6S. The summed E-state index contributed by atoms with van der Waals surface area (Å²) >= 11 is 1.83. The van der Waals surface area contributed by atoms with Crippen LogP contribution in [-0.4, -0.2) is 49.6 Å². The second kappa shape index (κ2) is 6.13. The number of nitrogens with one attached hydrogen (secondary N) is 2. The molecule has 6 nitrogen and oxygen atoms in total. The number of hydrogen-bond donors (Lipinski definition) is 2. The predicted octanol–water partition coefficient (Wildman–Crippen LogP) is 2.43. The van der Waals surface area contributed by atoms with Gasteiger partial charge in [-0.3, -0.25) is 4.31 Å². The van der Waals surface area contributed by atoms with Crippen LogP contribution in [-0.2, 0) is 12.8 Å². The summed E-state index contributed by atoms with van der Waals surface area (Å²) in [7, 11) is 0. The van der Waals surface area contributed by atoms with Gasteiger partial charge in [0.25, 0.3) is 0 Å². The molecule has 23 heavy (non-hydrogen) atoms. The zero-order chi connectivity index (χ0) is 15.8. The molecule has 2 N–H and O–H groups in total. The van der Waals surface area contributed by atoms with E-state index in [0.29, 0.717) is 6.04 Å². The quantitative estimate of drug-likeness (QED) is 0.843. The summed E-state index contributed by atoms with van der Waals surface area (Å²) in [5.74, 6) is 1.69. The molecule has 3 heterocycles. The first-order valence-electron chi connectivity index (χ1n) is 8.20. The molecule has 4 rings (SSSR count). The Morgan fingerprint density at radius 2 is 2.04 bits per heavy atom. The number of hydrogen-bond acceptors (Lipinski definition) is 6. The van der Waals surface area contributed by atoms with Crippen LogP contribution in [0, 0.1) is 6.92 Å². The number of anilines is 1. The maximum atomic E-state index is 4.78. The van der Waals surface area contributed by atoms with Crippen LogP contribution in [0.2, 0.25) is 0 Å². The van der Waals surface area contributed by atoms with Gasteiger partial charge < -0.3 is 10.3 Å². The number of piperidine rings is 1. The zero-order valence-electron chi connectivity index (χ0n) is 13.6. The summed E-state index contributed by atoms with van der Waals surface area (Å²) < 4.78 is 2.41. The lowest BCUT2D eigenvalue weighted by atomic mass is 9.98. The summed E-state index contributed by atoms with van der Waals surface area (Å²) in [6.45, 7) is 4.23. The van der Waals surface area contributed by atoms with Crippen molar-refractivity contribution in [1.82, 2.24) is 24.2 Å². The fraction of sp³-hybridized carbons (Fsp3) is 0.562. The van der Waals surface area contributed by atoms with E-state index in [1.165, 1.54) is 11.3 Å². The second-order valence-corrected chi connectivity index (χ2v) is 7.13.